The van der Waals surface area contributed by atoms with E-state index >= 15 is 0 Å². The fraction of sp³-hybridized carbons (Fsp3) is 0.409. The van der Waals surface area contributed by atoms with E-state index in [0.717, 1.165) is 5.56 Å². The van der Waals surface area contributed by atoms with Crippen LogP contribution in [0.15, 0.2) is 42.6 Å². The Morgan fingerprint density at radius 1 is 1.23 bits per heavy atom. The number of halogens is 2. The van der Waals surface area contributed by atoms with Gasteiger partial charge < -0.3 is 14.5 Å². The van der Waals surface area contributed by atoms with Gasteiger partial charge in [-0.25, -0.2) is 14.2 Å². The highest BCUT2D eigenvalue weighted by molar-refractivity contribution is 6.29. The Hall–Kier alpha value is -2.67. The number of carbonyl (C=O) groups excluding carboxylic acids is 2. The maximum Gasteiger partial charge on any atom is 0.410 e. The third-order valence-corrected chi connectivity index (χ3v) is 4.95. The normalized spacial score (nSPS) is 16.4. The van der Waals surface area contributed by atoms with Crippen LogP contribution < -0.4 is 4.90 Å². The van der Waals surface area contributed by atoms with Gasteiger partial charge in [-0.05, 0) is 63.1 Å². The van der Waals surface area contributed by atoms with Gasteiger partial charge in [0.1, 0.15) is 16.6 Å². The zero-order valence-electron chi connectivity index (χ0n) is 17.3. The van der Waals surface area contributed by atoms with Crippen LogP contribution in [0, 0.1) is 11.7 Å². The minimum absolute atomic E-state index is 0.136. The molecule has 0 spiro atoms. The zero-order chi connectivity index (χ0) is 21.9. The van der Waals surface area contributed by atoms with Crippen molar-refractivity contribution in [2.24, 2.45) is 5.92 Å². The molecule has 0 aliphatic carbocycles. The molecule has 6 nitrogen and oxygen atoms in total. The fourth-order valence-corrected chi connectivity index (χ4v) is 3.39. The molecule has 1 aromatic carbocycles. The number of carbonyl (C=O) groups is 2. The van der Waals surface area contributed by atoms with E-state index in [4.69, 9.17) is 16.3 Å². The Balaban J connectivity index is 1.77. The van der Waals surface area contributed by atoms with Crippen molar-refractivity contribution in [1.82, 2.24) is 9.88 Å². The van der Waals surface area contributed by atoms with Crippen molar-refractivity contribution in [3.8, 4) is 0 Å². The van der Waals surface area contributed by atoms with Gasteiger partial charge in [0.15, 0.2) is 0 Å². The quantitative estimate of drug-likeness (QED) is 0.657. The van der Waals surface area contributed by atoms with Crippen LogP contribution in [-0.2, 0) is 16.1 Å². The van der Waals surface area contributed by atoms with Gasteiger partial charge in [0.2, 0.25) is 5.91 Å². The lowest BCUT2D eigenvalue weighted by atomic mass is 10.1. The van der Waals surface area contributed by atoms with Crippen LogP contribution in [0.4, 0.5) is 14.9 Å². The van der Waals surface area contributed by atoms with E-state index in [1.807, 2.05) is 0 Å². The number of rotatable bonds is 4. The van der Waals surface area contributed by atoms with Gasteiger partial charge in [-0.2, -0.15) is 0 Å². The first-order valence-corrected chi connectivity index (χ1v) is 10.2. The molecule has 1 saturated heterocycles. The second-order valence-corrected chi connectivity index (χ2v) is 8.69. The Bertz CT molecular complexity index is 897. The number of pyridine rings is 1. The van der Waals surface area contributed by atoms with Gasteiger partial charge in [-0.15, -0.1) is 0 Å². The maximum atomic E-state index is 13.4. The minimum atomic E-state index is -0.596. The van der Waals surface area contributed by atoms with Gasteiger partial charge in [-0.3, -0.25) is 4.79 Å². The molecule has 0 unspecified atom stereocenters. The first kappa shape index (κ1) is 22.0. The molecule has 1 fully saturated rings. The molecule has 1 aliphatic heterocycles. The summed E-state index contributed by atoms with van der Waals surface area (Å²) in [6.45, 7) is 6.41. The lowest BCUT2D eigenvalue weighted by molar-refractivity contribution is -0.122. The molecule has 8 heteroatoms. The Labute approximate surface area is 180 Å². The van der Waals surface area contributed by atoms with Crippen LogP contribution in [0.3, 0.4) is 0 Å². The molecule has 0 bridgehead atoms. The molecule has 1 aliphatic rings. The Morgan fingerprint density at radius 2 is 1.93 bits per heavy atom. The van der Waals surface area contributed by atoms with Gasteiger partial charge in [0, 0.05) is 25.0 Å². The van der Waals surface area contributed by atoms with Gasteiger partial charge in [-0.1, -0.05) is 17.7 Å². The van der Waals surface area contributed by atoms with Crippen LogP contribution >= 0.6 is 11.6 Å². The molecular weight excluding hydrogens is 409 g/mol. The number of amides is 2. The van der Waals surface area contributed by atoms with Crippen molar-refractivity contribution in [2.45, 2.75) is 39.3 Å². The summed E-state index contributed by atoms with van der Waals surface area (Å²) in [7, 11) is 0. The first-order chi connectivity index (χ1) is 14.1. The molecule has 3 rings (SSSR count). The van der Waals surface area contributed by atoms with E-state index in [1.54, 1.807) is 61.0 Å². The monoisotopic (exact) mass is 433 g/mol. The topological polar surface area (TPSA) is 62.7 Å². The van der Waals surface area contributed by atoms with E-state index in [-0.39, 0.29) is 30.7 Å². The van der Waals surface area contributed by atoms with Gasteiger partial charge in [0.25, 0.3) is 0 Å². The number of hydrogen-bond donors (Lipinski definition) is 0. The Kier molecular flexibility index (Phi) is 6.61. The maximum absolute atomic E-state index is 13.4. The highest BCUT2D eigenvalue weighted by Crippen LogP contribution is 2.26. The predicted octanol–water partition coefficient (Wildman–Crippen LogP) is 4.66. The molecule has 0 radical (unpaired) electrons. The third kappa shape index (κ3) is 5.69. The van der Waals surface area contributed by atoms with Crippen molar-refractivity contribution in [2.75, 3.05) is 18.0 Å². The second-order valence-electron chi connectivity index (χ2n) is 8.30. The summed E-state index contributed by atoms with van der Waals surface area (Å²) in [5, 5.41) is 0.363. The van der Waals surface area contributed by atoms with E-state index in [9.17, 15) is 14.0 Å². The van der Waals surface area contributed by atoms with Crippen molar-refractivity contribution >= 4 is 29.3 Å². The summed E-state index contributed by atoms with van der Waals surface area (Å²) in [5.41, 5.74) is 0.770. The van der Waals surface area contributed by atoms with Crippen molar-refractivity contribution in [1.29, 1.82) is 0 Å². The summed E-state index contributed by atoms with van der Waals surface area (Å²) >= 11 is 5.86. The van der Waals surface area contributed by atoms with Crippen molar-refractivity contribution < 1.29 is 18.7 Å². The molecule has 1 atom stereocenters. The first-order valence-electron chi connectivity index (χ1n) is 9.78. The predicted molar refractivity (Wildman–Crippen MR) is 113 cm³/mol. The Morgan fingerprint density at radius 3 is 2.53 bits per heavy atom. The van der Waals surface area contributed by atoms with Crippen LogP contribution in [0.25, 0.3) is 0 Å². The summed E-state index contributed by atoms with van der Waals surface area (Å²) in [5.74, 6) is -0.887. The zero-order valence-corrected chi connectivity index (χ0v) is 18.0. The summed E-state index contributed by atoms with van der Waals surface area (Å²) in [4.78, 5) is 32.9. The van der Waals surface area contributed by atoms with Crippen LogP contribution in [-0.4, -0.2) is 40.6 Å². The molecule has 2 heterocycles. The van der Waals surface area contributed by atoms with Crippen LogP contribution in [0.5, 0.6) is 0 Å². The highest BCUT2D eigenvalue weighted by Gasteiger charge is 2.36. The number of benzene rings is 1. The number of aromatic nitrogens is 1. The lowest BCUT2D eigenvalue weighted by Crippen LogP contribution is -2.39. The van der Waals surface area contributed by atoms with E-state index < -0.39 is 11.7 Å². The molecule has 0 N–H and O–H groups in total. The van der Waals surface area contributed by atoms with E-state index in [2.05, 4.69) is 4.98 Å². The highest BCUT2D eigenvalue weighted by atomic mass is 35.5. The van der Waals surface area contributed by atoms with E-state index in [0.29, 0.717) is 23.8 Å². The standard InChI is InChI=1S/C22H25ClFN3O3/c1-22(2,3)30-21(29)26-11-10-16(14-26)20(28)27(18-7-5-17(24)6-8-18)13-15-4-9-19(23)25-12-15/h4-9,12,16H,10-11,13-14H2,1-3H3/t16-/m1/s1. The molecule has 0 saturated carbocycles. The molecule has 30 heavy (non-hydrogen) atoms. The fourth-order valence-electron chi connectivity index (χ4n) is 3.27. The molecular formula is C22H25ClFN3O3. The number of nitrogens with zero attached hydrogens (tertiary/aromatic N) is 3. The van der Waals surface area contributed by atoms with Crippen LogP contribution in [0.2, 0.25) is 5.15 Å². The average molecular weight is 434 g/mol. The van der Waals surface area contributed by atoms with Crippen LogP contribution in [0.1, 0.15) is 32.8 Å². The van der Waals surface area contributed by atoms with E-state index in [1.165, 1.54) is 12.1 Å². The number of ether oxygens (including phenoxy) is 1. The lowest BCUT2D eigenvalue weighted by Gasteiger charge is -2.27. The van der Waals surface area contributed by atoms with Gasteiger partial charge in [0.05, 0.1) is 12.5 Å². The molecule has 160 valence electrons. The van der Waals surface area contributed by atoms with Crippen molar-refractivity contribution in [3.63, 3.8) is 0 Å². The SMILES string of the molecule is CC(C)(C)OC(=O)N1CC[C@@H](C(=O)N(Cc2ccc(Cl)nc2)c2ccc(F)cc2)C1. The van der Waals surface area contributed by atoms with Crippen molar-refractivity contribution in [3.05, 3.63) is 59.1 Å². The van der Waals surface area contributed by atoms with Gasteiger partial charge >= 0.3 is 6.09 Å². The number of likely N-dealkylation sites (tertiary alicyclic amines) is 1. The minimum Gasteiger partial charge on any atom is -0.444 e. The summed E-state index contributed by atoms with van der Waals surface area (Å²) in [6, 6.07) is 9.22. The smallest absolute Gasteiger partial charge is 0.410 e. The number of anilines is 1. The largest absolute Gasteiger partial charge is 0.444 e. The molecule has 2 aromatic rings. The second kappa shape index (κ2) is 9.00. The summed E-state index contributed by atoms with van der Waals surface area (Å²) < 4.78 is 18.8. The molecule has 1 aromatic heterocycles. The average Bonchev–Trinajstić information content (AvgIpc) is 3.17. The molecule has 2 amide bonds. The number of hydrogen-bond acceptors (Lipinski definition) is 4. The third-order valence-electron chi connectivity index (χ3n) is 4.72. The summed E-state index contributed by atoms with van der Waals surface area (Å²) in [6.07, 6.45) is 1.72.